The fraction of sp³-hybridized carbons (Fsp3) is 0.600. The van der Waals surface area contributed by atoms with Crippen LogP contribution in [0.2, 0.25) is 0 Å². The van der Waals surface area contributed by atoms with E-state index in [1.165, 1.54) is 4.90 Å². The summed E-state index contributed by atoms with van der Waals surface area (Å²) in [6.07, 6.45) is 1.85. The summed E-state index contributed by atoms with van der Waals surface area (Å²) in [7, 11) is 2.05. The van der Waals surface area contributed by atoms with Crippen LogP contribution in [0.15, 0.2) is 29.8 Å². The standard InChI is InChI=1S/C30H42N4O4S/c1-19-26(39-18-31-19)21-9-6-20(7-10-21)8-11-25(36)24-16-23(35)17-34(24)29(38)27(30(2,3)4)32-28(37)22-12-14-33(5)15-13-22/h6-7,9-10,18,22-24,27,35H,8,11-17H2,1-5H3,(H,32,37)/t23-,24+,27-/m1/s1. The van der Waals surface area contributed by atoms with Gasteiger partial charge in [-0.15, -0.1) is 11.3 Å². The zero-order chi connectivity index (χ0) is 28.3. The average Bonchev–Trinajstić information content (AvgIpc) is 3.50. The summed E-state index contributed by atoms with van der Waals surface area (Å²) >= 11 is 1.61. The van der Waals surface area contributed by atoms with Crippen LogP contribution in [0.3, 0.4) is 0 Å². The Morgan fingerprint density at radius 3 is 2.41 bits per heavy atom. The van der Waals surface area contributed by atoms with Crippen LogP contribution in [0.5, 0.6) is 0 Å². The summed E-state index contributed by atoms with van der Waals surface area (Å²) in [5.74, 6) is -0.567. The average molecular weight is 555 g/mol. The third-order valence-corrected chi connectivity index (χ3v) is 9.02. The van der Waals surface area contributed by atoms with Crippen molar-refractivity contribution in [2.24, 2.45) is 11.3 Å². The fourth-order valence-electron chi connectivity index (χ4n) is 5.54. The van der Waals surface area contributed by atoms with Crippen molar-refractivity contribution in [2.45, 2.75) is 78.0 Å². The van der Waals surface area contributed by atoms with E-state index in [0.717, 1.165) is 47.6 Å². The van der Waals surface area contributed by atoms with Crippen LogP contribution < -0.4 is 5.32 Å². The van der Waals surface area contributed by atoms with Crippen molar-refractivity contribution >= 4 is 28.9 Å². The number of nitrogens with zero attached hydrogens (tertiary/aromatic N) is 3. The molecule has 1 aromatic heterocycles. The quantitative estimate of drug-likeness (QED) is 0.518. The predicted molar refractivity (Wildman–Crippen MR) is 153 cm³/mol. The minimum atomic E-state index is -0.770. The maximum atomic E-state index is 13.8. The van der Waals surface area contributed by atoms with E-state index >= 15 is 0 Å². The first-order valence-electron chi connectivity index (χ1n) is 13.9. The minimum absolute atomic E-state index is 0.0587. The van der Waals surface area contributed by atoms with E-state index in [2.05, 4.69) is 27.3 Å². The van der Waals surface area contributed by atoms with Crippen LogP contribution in [0, 0.1) is 18.3 Å². The van der Waals surface area contributed by atoms with Gasteiger partial charge in [-0.2, -0.15) is 0 Å². The van der Waals surface area contributed by atoms with Crippen LogP contribution in [0.4, 0.5) is 0 Å². The lowest BCUT2D eigenvalue weighted by atomic mass is 9.84. The normalized spacial score (nSPS) is 21.6. The number of aromatic nitrogens is 1. The Labute approximate surface area is 235 Å². The summed E-state index contributed by atoms with van der Waals surface area (Å²) in [5.41, 5.74) is 4.45. The van der Waals surface area contributed by atoms with E-state index in [4.69, 9.17) is 0 Å². The SMILES string of the molecule is Cc1ncsc1-c1ccc(CCC(=O)[C@@H]2C[C@@H](O)CN2C(=O)[C@@H](NC(=O)C2CCN(C)CC2)C(C)(C)C)cc1. The summed E-state index contributed by atoms with van der Waals surface area (Å²) < 4.78 is 0. The number of ketones is 1. The Bertz CT molecular complexity index is 1160. The number of hydrogen-bond acceptors (Lipinski definition) is 7. The number of amides is 2. The van der Waals surface area contributed by atoms with E-state index in [9.17, 15) is 19.5 Å². The highest BCUT2D eigenvalue weighted by atomic mass is 32.1. The summed E-state index contributed by atoms with van der Waals surface area (Å²) in [6, 6.07) is 6.71. The Morgan fingerprint density at radius 1 is 1.15 bits per heavy atom. The van der Waals surface area contributed by atoms with E-state index in [0.29, 0.717) is 6.42 Å². The molecule has 2 amide bonds. The van der Waals surface area contributed by atoms with Gasteiger partial charge in [0, 0.05) is 25.3 Å². The van der Waals surface area contributed by atoms with Gasteiger partial charge < -0.3 is 20.2 Å². The number of β-amino-alcohol motifs (C(OH)–C–C–N with tert-alkyl or cyclic N) is 1. The molecular weight excluding hydrogens is 512 g/mol. The molecule has 2 fully saturated rings. The van der Waals surface area contributed by atoms with Gasteiger partial charge in [0.2, 0.25) is 11.8 Å². The number of Topliss-reactive ketones (excluding diaryl/α,β-unsaturated/α-hetero) is 1. The Hall–Kier alpha value is -2.62. The second-order valence-corrected chi connectivity index (χ2v) is 13.1. The lowest BCUT2D eigenvalue weighted by Crippen LogP contribution is -2.58. The van der Waals surface area contributed by atoms with Crippen molar-refractivity contribution in [3.8, 4) is 10.4 Å². The van der Waals surface area contributed by atoms with Crippen LogP contribution in [-0.4, -0.2) is 82.4 Å². The molecular formula is C30H42N4O4S. The number of thiazole rings is 1. The molecule has 0 saturated carbocycles. The van der Waals surface area contributed by atoms with Crippen molar-refractivity contribution in [3.05, 3.63) is 41.0 Å². The van der Waals surface area contributed by atoms with Crippen LogP contribution in [0.25, 0.3) is 10.4 Å². The molecule has 0 aliphatic carbocycles. The maximum absolute atomic E-state index is 13.8. The number of carbonyl (C=O) groups is 3. The van der Waals surface area contributed by atoms with Crippen LogP contribution in [0.1, 0.15) is 57.7 Å². The Kier molecular flexibility index (Phi) is 9.24. The third kappa shape index (κ3) is 7.13. The molecule has 3 heterocycles. The number of nitrogens with one attached hydrogen (secondary N) is 1. The van der Waals surface area contributed by atoms with Gasteiger partial charge in [0.05, 0.1) is 28.2 Å². The highest BCUT2D eigenvalue weighted by Gasteiger charge is 2.44. The molecule has 2 aliphatic rings. The van der Waals surface area contributed by atoms with Crippen LogP contribution >= 0.6 is 11.3 Å². The molecule has 4 rings (SSSR count). The largest absolute Gasteiger partial charge is 0.391 e. The first kappa shape index (κ1) is 29.4. The number of likely N-dealkylation sites (tertiary alicyclic amines) is 2. The summed E-state index contributed by atoms with van der Waals surface area (Å²) in [6.45, 7) is 9.58. The number of rotatable bonds is 8. The van der Waals surface area contributed by atoms with Gasteiger partial charge in [0.1, 0.15) is 6.04 Å². The second-order valence-electron chi connectivity index (χ2n) is 12.2. The molecule has 3 atom stereocenters. The number of aliphatic hydroxyl groups excluding tert-OH is 1. The topological polar surface area (TPSA) is 103 Å². The van der Waals surface area contributed by atoms with Gasteiger partial charge in [0.15, 0.2) is 5.78 Å². The zero-order valence-electron chi connectivity index (χ0n) is 23.8. The van der Waals surface area contributed by atoms with Gasteiger partial charge in [-0.3, -0.25) is 14.4 Å². The lowest BCUT2D eigenvalue weighted by molar-refractivity contribution is -0.144. The molecule has 39 heavy (non-hydrogen) atoms. The third-order valence-electron chi connectivity index (χ3n) is 8.04. The maximum Gasteiger partial charge on any atom is 0.246 e. The smallest absolute Gasteiger partial charge is 0.246 e. The van der Waals surface area contributed by atoms with Crippen molar-refractivity contribution in [1.82, 2.24) is 20.1 Å². The first-order chi connectivity index (χ1) is 18.4. The molecule has 0 bridgehead atoms. The molecule has 0 spiro atoms. The second kappa shape index (κ2) is 12.3. The van der Waals surface area contributed by atoms with E-state index in [1.807, 2.05) is 52.4 Å². The lowest BCUT2D eigenvalue weighted by Gasteiger charge is -2.37. The van der Waals surface area contributed by atoms with Crippen molar-refractivity contribution in [2.75, 3.05) is 26.7 Å². The van der Waals surface area contributed by atoms with E-state index in [-0.39, 0.29) is 42.9 Å². The Balaban J connectivity index is 1.40. The minimum Gasteiger partial charge on any atom is -0.391 e. The highest BCUT2D eigenvalue weighted by Crippen LogP contribution is 2.29. The molecule has 0 radical (unpaired) electrons. The van der Waals surface area contributed by atoms with Gasteiger partial charge in [-0.05, 0) is 62.9 Å². The summed E-state index contributed by atoms with van der Waals surface area (Å²) in [5, 5.41) is 13.5. The number of piperidine rings is 1. The van der Waals surface area contributed by atoms with Gasteiger partial charge in [-0.25, -0.2) is 4.98 Å². The van der Waals surface area contributed by atoms with Crippen molar-refractivity contribution in [3.63, 3.8) is 0 Å². The van der Waals surface area contributed by atoms with E-state index in [1.54, 1.807) is 11.3 Å². The predicted octanol–water partition coefficient (Wildman–Crippen LogP) is 3.45. The molecule has 212 valence electrons. The van der Waals surface area contributed by atoms with Crippen molar-refractivity contribution < 1.29 is 19.5 Å². The monoisotopic (exact) mass is 554 g/mol. The molecule has 2 aromatic rings. The van der Waals surface area contributed by atoms with Gasteiger partial charge in [0.25, 0.3) is 0 Å². The van der Waals surface area contributed by atoms with Gasteiger partial charge >= 0.3 is 0 Å². The first-order valence-corrected chi connectivity index (χ1v) is 14.8. The molecule has 8 nitrogen and oxygen atoms in total. The fourth-order valence-corrected chi connectivity index (χ4v) is 6.36. The molecule has 1 aromatic carbocycles. The number of benzene rings is 1. The van der Waals surface area contributed by atoms with Crippen molar-refractivity contribution in [1.29, 1.82) is 0 Å². The Morgan fingerprint density at radius 2 is 1.82 bits per heavy atom. The molecule has 9 heteroatoms. The molecule has 2 N–H and O–H groups in total. The summed E-state index contributed by atoms with van der Waals surface area (Å²) in [4.78, 5) is 49.4. The molecule has 0 unspecified atom stereocenters. The highest BCUT2D eigenvalue weighted by molar-refractivity contribution is 7.13. The van der Waals surface area contributed by atoms with Crippen LogP contribution in [-0.2, 0) is 20.8 Å². The number of aliphatic hydroxyl groups is 1. The number of carbonyl (C=O) groups excluding carboxylic acids is 3. The number of aryl methyl sites for hydroxylation is 2. The zero-order valence-corrected chi connectivity index (χ0v) is 24.6. The van der Waals surface area contributed by atoms with E-state index < -0.39 is 23.6 Å². The molecule has 2 aliphatic heterocycles. The number of hydrogen-bond donors (Lipinski definition) is 2. The van der Waals surface area contributed by atoms with Gasteiger partial charge in [-0.1, -0.05) is 45.0 Å². The molecule has 2 saturated heterocycles.